The summed E-state index contributed by atoms with van der Waals surface area (Å²) < 4.78 is 24.4. The van der Waals surface area contributed by atoms with E-state index >= 15 is 0 Å². The summed E-state index contributed by atoms with van der Waals surface area (Å²) in [7, 11) is 1.43. The number of likely N-dealkylation sites (tertiary alicyclic amines) is 1. The molecule has 140 valence electrons. The van der Waals surface area contributed by atoms with Crippen molar-refractivity contribution in [2.24, 2.45) is 5.92 Å². The molecular formula is C19H28ClFN2O2. The van der Waals surface area contributed by atoms with Gasteiger partial charge in [-0.2, -0.15) is 0 Å². The normalized spacial score (nSPS) is 22.1. The molecule has 2 fully saturated rings. The van der Waals surface area contributed by atoms with Gasteiger partial charge in [0, 0.05) is 25.7 Å². The first kappa shape index (κ1) is 18.9. The molecule has 0 radical (unpaired) electrons. The quantitative estimate of drug-likeness (QED) is 0.792. The molecule has 0 amide bonds. The van der Waals surface area contributed by atoms with E-state index in [0.29, 0.717) is 11.1 Å². The average molecular weight is 371 g/mol. The highest BCUT2D eigenvalue weighted by molar-refractivity contribution is 6.32. The van der Waals surface area contributed by atoms with E-state index in [-0.39, 0.29) is 11.6 Å². The molecule has 2 aliphatic heterocycles. The summed E-state index contributed by atoms with van der Waals surface area (Å²) in [5.41, 5.74) is 0.906. The molecule has 0 unspecified atom stereocenters. The van der Waals surface area contributed by atoms with Gasteiger partial charge in [-0.1, -0.05) is 11.6 Å². The van der Waals surface area contributed by atoms with Gasteiger partial charge in [0.25, 0.3) is 0 Å². The molecule has 2 saturated heterocycles. The average Bonchev–Trinajstić information content (AvgIpc) is 2.62. The summed E-state index contributed by atoms with van der Waals surface area (Å²) in [6, 6.07) is 3.96. The minimum Gasteiger partial charge on any atom is -0.492 e. The Labute approximate surface area is 154 Å². The maximum Gasteiger partial charge on any atom is 0.173 e. The summed E-state index contributed by atoms with van der Waals surface area (Å²) in [5, 5.41) is 0.341. The SMILES string of the molecule is COc1c(F)cc(CN2CCC([C@H](C)N3CCOCC3)CC2)cc1Cl. The van der Waals surface area contributed by atoms with Crippen molar-refractivity contribution >= 4 is 11.6 Å². The van der Waals surface area contributed by atoms with E-state index in [1.807, 2.05) is 6.07 Å². The lowest BCUT2D eigenvalue weighted by Gasteiger charge is -2.41. The number of methoxy groups -OCH3 is 1. The van der Waals surface area contributed by atoms with Crippen molar-refractivity contribution in [1.82, 2.24) is 9.80 Å². The Morgan fingerprint density at radius 1 is 1.24 bits per heavy atom. The molecule has 0 aromatic heterocycles. The first-order valence-electron chi connectivity index (χ1n) is 9.14. The lowest BCUT2D eigenvalue weighted by Crippen LogP contribution is -2.48. The molecule has 0 N–H and O–H groups in total. The molecule has 2 heterocycles. The fourth-order valence-corrected chi connectivity index (χ4v) is 4.34. The predicted molar refractivity (Wildman–Crippen MR) is 97.8 cm³/mol. The van der Waals surface area contributed by atoms with Crippen LogP contribution in [0, 0.1) is 11.7 Å². The van der Waals surface area contributed by atoms with Crippen molar-refractivity contribution in [2.75, 3.05) is 46.5 Å². The third-order valence-electron chi connectivity index (χ3n) is 5.60. The second-order valence-corrected chi connectivity index (χ2v) is 7.50. The minimum absolute atomic E-state index is 0.128. The monoisotopic (exact) mass is 370 g/mol. The second-order valence-electron chi connectivity index (χ2n) is 7.10. The third-order valence-corrected chi connectivity index (χ3v) is 5.89. The van der Waals surface area contributed by atoms with Crippen LogP contribution in [-0.4, -0.2) is 62.3 Å². The Morgan fingerprint density at radius 2 is 1.92 bits per heavy atom. The molecule has 25 heavy (non-hydrogen) atoms. The highest BCUT2D eigenvalue weighted by atomic mass is 35.5. The molecule has 0 aliphatic carbocycles. The van der Waals surface area contributed by atoms with Crippen LogP contribution in [0.3, 0.4) is 0 Å². The smallest absolute Gasteiger partial charge is 0.173 e. The van der Waals surface area contributed by atoms with Gasteiger partial charge in [-0.25, -0.2) is 4.39 Å². The van der Waals surface area contributed by atoms with Gasteiger partial charge in [0.05, 0.1) is 25.3 Å². The van der Waals surface area contributed by atoms with Crippen LogP contribution in [0.25, 0.3) is 0 Å². The Hall–Kier alpha value is -0.880. The molecule has 1 atom stereocenters. The van der Waals surface area contributed by atoms with E-state index in [1.54, 1.807) is 0 Å². The lowest BCUT2D eigenvalue weighted by atomic mass is 9.89. The highest BCUT2D eigenvalue weighted by Gasteiger charge is 2.28. The Morgan fingerprint density at radius 3 is 2.52 bits per heavy atom. The van der Waals surface area contributed by atoms with Gasteiger partial charge in [0.1, 0.15) is 0 Å². The number of nitrogens with zero attached hydrogens (tertiary/aromatic N) is 2. The third kappa shape index (κ3) is 4.64. The minimum atomic E-state index is -0.388. The number of piperidine rings is 1. The van der Waals surface area contributed by atoms with Crippen molar-refractivity contribution < 1.29 is 13.9 Å². The van der Waals surface area contributed by atoms with Crippen molar-refractivity contribution in [1.29, 1.82) is 0 Å². The fourth-order valence-electron chi connectivity index (χ4n) is 4.03. The molecule has 0 saturated carbocycles. The van der Waals surface area contributed by atoms with Crippen molar-refractivity contribution in [3.8, 4) is 5.75 Å². The highest BCUT2D eigenvalue weighted by Crippen LogP contribution is 2.30. The number of ether oxygens (including phenoxy) is 2. The van der Waals surface area contributed by atoms with Gasteiger partial charge >= 0.3 is 0 Å². The number of hydrogen-bond donors (Lipinski definition) is 0. The van der Waals surface area contributed by atoms with Crippen LogP contribution in [0.1, 0.15) is 25.3 Å². The molecular weight excluding hydrogens is 343 g/mol. The van der Waals surface area contributed by atoms with E-state index in [9.17, 15) is 4.39 Å². The standard InChI is InChI=1S/C19H28ClFN2O2/c1-14(23-7-9-25-10-8-23)16-3-5-22(6-4-16)13-15-11-17(20)19(24-2)18(21)12-15/h11-12,14,16H,3-10,13H2,1-2H3/t14-/m0/s1. The Bertz CT molecular complexity index is 550. The molecule has 6 heteroatoms. The zero-order chi connectivity index (χ0) is 17.8. The first-order chi connectivity index (χ1) is 12.1. The van der Waals surface area contributed by atoms with Gasteiger partial charge in [-0.05, 0) is 56.5 Å². The van der Waals surface area contributed by atoms with Crippen LogP contribution in [0.4, 0.5) is 4.39 Å². The van der Waals surface area contributed by atoms with Gasteiger partial charge in [0.2, 0.25) is 0 Å². The van der Waals surface area contributed by atoms with Crippen LogP contribution in [0.15, 0.2) is 12.1 Å². The van der Waals surface area contributed by atoms with Gasteiger partial charge < -0.3 is 9.47 Å². The fraction of sp³-hybridized carbons (Fsp3) is 0.684. The van der Waals surface area contributed by atoms with Gasteiger partial charge in [-0.3, -0.25) is 9.80 Å². The van der Waals surface area contributed by atoms with E-state index in [0.717, 1.165) is 57.4 Å². The predicted octanol–water partition coefficient (Wildman–Crippen LogP) is 3.42. The second kappa shape index (κ2) is 8.67. The van der Waals surface area contributed by atoms with E-state index in [4.69, 9.17) is 21.1 Å². The van der Waals surface area contributed by atoms with Crippen LogP contribution in [-0.2, 0) is 11.3 Å². The van der Waals surface area contributed by atoms with Gasteiger partial charge in [0.15, 0.2) is 11.6 Å². The Balaban J connectivity index is 1.52. The summed E-state index contributed by atoms with van der Waals surface area (Å²) in [6.07, 6.45) is 2.37. The van der Waals surface area contributed by atoms with Crippen molar-refractivity contribution in [3.05, 3.63) is 28.5 Å². The number of rotatable bonds is 5. The van der Waals surface area contributed by atoms with Crippen molar-refractivity contribution in [2.45, 2.75) is 32.4 Å². The number of benzene rings is 1. The maximum atomic E-state index is 14.0. The molecule has 1 aromatic carbocycles. The van der Waals surface area contributed by atoms with Gasteiger partial charge in [-0.15, -0.1) is 0 Å². The van der Waals surface area contributed by atoms with Crippen LogP contribution >= 0.6 is 11.6 Å². The maximum absolute atomic E-state index is 14.0. The number of halogens is 2. The van der Waals surface area contributed by atoms with Crippen LogP contribution < -0.4 is 4.74 Å². The number of hydrogen-bond acceptors (Lipinski definition) is 4. The molecule has 1 aromatic rings. The topological polar surface area (TPSA) is 24.9 Å². The van der Waals surface area contributed by atoms with Crippen LogP contribution in [0.5, 0.6) is 5.75 Å². The zero-order valence-corrected chi connectivity index (χ0v) is 15.9. The number of morpholine rings is 1. The molecule has 3 rings (SSSR count). The zero-order valence-electron chi connectivity index (χ0n) is 15.1. The summed E-state index contributed by atoms with van der Waals surface area (Å²) in [4.78, 5) is 4.95. The Kier molecular flexibility index (Phi) is 6.55. The largest absolute Gasteiger partial charge is 0.492 e. The lowest BCUT2D eigenvalue weighted by molar-refractivity contribution is -0.00192. The van der Waals surface area contributed by atoms with Crippen molar-refractivity contribution in [3.63, 3.8) is 0 Å². The van der Waals surface area contributed by atoms with Crippen LogP contribution in [0.2, 0.25) is 5.02 Å². The van der Waals surface area contributed by atoms with E-state index < -0.39 is 0 Å². The first-order valence-corrected chi connectivity index (χ1v) is 9.52. The molecule has 0 spiro atoms. The summed E-state index contributed by atoms with van der Waals surface area (Å²) >= 11 is 6.10. The van der Waals surface area contributed by atoms with E-state index in [1.165, 1.54) is 26.0 Å². The summed E-state index contributed by atoms with van der Waals surface area (Å²) in [6.45, 7) is 8.98. The molecule has 0 bridgehead atoms. The molecule has 4 nitrogen and oxygen atoms in total. The summed E-state index contributed by atoms with van der Waals surface area (Å²) in [5.74, 6) is 0.467. The molecule has 2 aliphatic rings. The van der Waals surface area contributed by atoms with E-state index in [2.05, 4.69) is 16.7 Å².